The summed E-state index contributed by atoms with van der Waals surface area (Å²) in [6.07, 6.45) is 6.19. The van der Waals surface area contributed by atoms with E-state index in [0.717, 1.165) is 42.4 Å². The van der Waals surface area contributed by atoms with Crippen molar-refractivity contribution in [2.75, 3.05) is 11.9 Å². The number of rotatable bonds is 5. The average Bonchev–Trinajstić information content (AvgIpc) is 2.82. The summed E-state index contributed by atoms with van der Waals surface area (Å²) in [5.74, 6) is 1.96. The number of anilines is 1. The van der Waals surface area contributed by atoms with Gasteiger partial charge >= 0.3 is 0 Å². The second-order valence-corrected chi connectivity index (χ2v) is 4.13. The molecule has 96 valence electrons. The van der Waals surface area contributed by atoms with Gasteiger partial charge in [-0.2, -0.15) is 0 Å². The standard InChI is InChI=1S/C13H19N5/c1-4-14-13-10(3)11(16-9-17-13)8-12-15-6-7-18(12)5-2/h6-7,9H,4-5,8H2,1-3H3,(H,14,16,17). The van der Waals surface area contributed by atoms with E-state index in [0.29, 0.717) is 0 Å². The molecule has 0 amide bonds. The molecule has 2 heterocycles. The highest BCUT2D eigenvalue weighted by Crippen LogP contribution is 2.16. The summed E-state index contributed by atoms with van der Waals surface area (Å²) in [5, 5.41) is 3.25. The Morgan fingerprint density at radius 3 is 2.78 bits per heavy atom. The van der Waals surface area contributed by atoms with Gasteiger partial charge in [0.15, 0.2) is 0 Å². The number of hydrogen-bond donors (Lipinski definition) is 1. The fraction of sp³-hybridized carbons (Fsp3) is 0.462. The summed E-state index contributed by atoms with van der Waals surface area (Å²) in [7, 11) is 0. The van der Waals surface area contributed by atoms with Crippen molar-refractivity contribution in [3.63, 3.8) is 0 Å². The molecule has 0 saturated carbocycles. The Morgan fingerprint density at radius 2 is 2.06 bits per heavy atom. The van der Waals surface area contributed by atoms with Crippen LogP contribution in [-0.2, 0) is 13.0 Å². The van der Waals surface area contributed by atoms with Crippen LogP contribution in [0.4, 0.5) is 5.82 Å². The van der Waals surface area contributed by atoms with Gasteiger partial charge in [-0.25, -0.2) is 15.0 Å². The third-order valence-electron chi connectivity index (χ3n) is 3.00. The molecular formula is C13H19N5. The minimum Gasteiger partial charge on any atom is -0.370 e. The van der Waals surface area contributed by atoms with Crippen molar-refractivity contribution >= 4 is 5.82 Å². The summed E-state index contributed by atoms with van der Waals surface area (Å²) >= 11 is 0. The highest BCUT2D eigenvalue weighted by molar-refractivity contribution is 5.45. The Balaban J connectivity index is 2.26. The maximum atomic E-state index is 4.38. The normalized spacial score (nSPS) is 10.6. The minimum atomic E-state index is 0.744. The van der Waals surface area contributed by atoms with Crippen LogP contribution < -0.4 is 5.32 Å². The smallest absolute Gasteiger partial charge is 0.132 e. The lowest BCUT2D eigenvalue weighted by Crippen LogP contribution is -2.08. The summed E-state index contributed by atoms with van der Waals surface area (Å²) in [6.45, 7) is 8.01. The third kappa shape index (κ3) is 2.50. The molecule has 5 nitrogen and oxygen atoms in total. The van der Waals surface area contributed by atoms with Crippen molar-refractivity contribution in [3.05, 3.63) is 35.8 Å². The molecule has 5 heteroatoms. The fourth-order valence-corrected chi connectivity index (χ4v) is 1.96. The lowest BCUT2D eigenvalue weighted by Gasteiger charge is -2.10. The Morgan fingerprint density at radius 1 is 1.22 bits per heavy atom. The molecule has 18 heavy (non-hydrogen) atoms. The second-order valence-electron chi connectivity index (χ2n) is 4.13. The summed E-state index contributed by atoms with van der Waals surface area (Å²) in [5.41, 5.74) is 2.13. The van der Waals surface area contributed by atoms with Crippen LogP contribution in [0.2, 0.25) is 0 Å². The Hall–Kier alpha value is -1.91. The number of aromatic nitrogens is 4. The van der Waals surface area contributed by atoms with Gasteiger partial charge in [-0.1, -0.05) is 0 Å². The van der Waals surface area contributed by atoms with Crippen molar-refractivity contribution in [2.24, 2.45) is 0 Å². The molecule has 0 unspecified atom stereocenters. The van der Waals surface area contributed by atoms with Gasteiger partial charge in [0, 0.05) is 37.5 Å². The molecule has 0 aliphatic carbocycles. The Bertz CT molecular complexity index is 518. The lowest BCUT2D eigenvalue weighted by atomic mass is 10.1. The number of hydrogen-bond acceptors (Lipinski definition) is 4. The first-order valence-corrected chi connectivity index (χ1v) is 6.30. The molecule has 0 fully saturated rings. The zero-order valence-electron chi connectivity index (χ0n) is 11.1. The van der Waals surface area contributed by atoms with E-state index in [9.17, 15) is 0 Å². The van der Waals surface area contributed by atoms with E-state index in [4.69, 9.17) is 0 Å². The van der Waals surface area contributed by atoms with Gasteiger partial charge in [0.05, 0.1) is 5.69 Å². The Kier molecular flexibility index (Phi) is 3.92. The van der Waals surface area contributed by atoms with Crippen LogP contribution in [-0.4, -0.2) is 26.1 Å². The van der Waals surface area contributed by atoms with Crippen LogP contribution in [0.15, 0.2) is 18.7 Å². The molecule has 1 N–H and O–H groups in total. The lowest BCUT2D eigenvalue weighted by molar-refractivity contribution is 0.706. The third-order valence-corrected chi connectivity index (χ3v) is 3.00. The van der Waals surface area contributed by atoms with Crippen LogP contribution in [0, 0.1) is 6.92 Å². The maximum absolute atomic E-state index is 4.38. The van der Waals surface area contributed by atoms with Crippen molar-refractivity contribution in [1.82, 2.24) is 19.5 Å². The van der Waals surface area contributed by atoms with Crippen molar-refractivity contribution < 1.29 is 0 Å². The molecule has 0 atom stereocenters. The highest BCUT2D eigenvalue weighted by atomic mass is 15.1. The predicted octanol–water partition coefficient (Wildman–Crippen LogP) is 2.02. The number of nitrogens with zero attached hydrogens (tertiary/aromatic N) is 4. The first-order chi connectivity index (χ1) is 8.76. The summed E-state index contributed by atoms with van der Waals surface area (Å²) in [6, 6.07) is 0. The van der Waals surface area contributed by atoms with E-state index in [-0.39, 0.29) is 0 Å². The maximum Gasteiger partial charge on any atom is 0.132 e. The summed E-state index contributed by atoms with van der Waals surface area (Å²) < 4.78 is 2.13. The monoisotopic (exact) mass is 245 g/mol. The van der Waals surface area contributed by atoms with Crippen molar-refractivity contribution in [2.45, 2.75) is 33.7 Å². The van der Waals surface area contributed by atoms with E-state index in [1.807, 2.05) is 19.3 Å². The molecule has 0 saturated heterocycles. The highest BCUT2D eigenvalue weighted by Gasteiger charge is 2.09. The van der Waals surface area contributed by atoms with E-state index in [1.165, 1.54) is 0 Å². The number of nitrogens with one attached hydrogen (secondary N) is 1. The molecule has 0 bridgehead atoms. The van der Waals surface area contributed by atoms with E-state index in [2.05, 4.69) is 38.7 Å². The number of imidazole rings is 1. The van der Waals surface area contributed by atoms with Crippen molar-refractivity contribution in [1.29, 1.82) is 0 Å². The molecule has 0 aromatic carbocycles. The van der Waals surface area contributed by atoms with E-state index >= 15 is 0 Å². The molecule has 0 radical (unpaired) electrons. The molecule has 0 spiro atoms. The molecule has 2 aromatic heterocycles. The molecule has 0 aliphatic heterocycles. The summed E-state index contributed by atoms with van der Waals surface area (Å²) in [4.78, 5) is 13.0. The molecule has 2 aromatic rings. The fourth-order valence-electron chi connectivity index (χ4n) is 1.96. The van der Waals surface area contributed by atoms with Crippen LogP contribution in [0.3, 0.4) is 0 Å². The zero-order chi connectivity index (χ0) is 13.0. The van der Waals surface area contributed by atoms with Gasteiger partial charge in [0.25, 0.3) is 0 Å². The SMILES string of the molecule is CCNc1ncnc(Cc2nccn2CC)c1C. The van der Waals surface area contributed by atoms with E-state index in [1.54, 1.807) is 6.33 Å². The topological polar surface area (TPSA) is 55.6 Å². The average molecular weight is 245 g/mol. The largest absolute Gasteiger partial charge is 0.370 e. The first-order valence-electron chi connectivity index (χ1n) is 6.30. The van der Waals surface area contributed by atoms with Crippen LogP contribution >= 0.6 is 0 Å². The van der Waals surface area contributed by atoms with E-state index < -0.39 is 0 Å². The second kappa shape index (κ2) is 5.62. The quantitative estimate of drug-likeness (QED) is 0.875. The van der Waals surface area contributed by atoms with Crippen LogP contribution in [0.5, 0.6) is 0 Å². The van der Waals surface area contributed by atoms with Gasteiger partial charge in [0.1, 0.15) is 18.0 Å². The first kappa shape index (κ1) is 12.5. The van der Waals surface area contributed by atoms with Crippen LogP contribution in [0.25, 0.3) is 0 Å². The van der Waals surface area contributed by atoms with Crippen LogP contribution in [0.1, 0.15) is 30.9 Å². The number of aryl methyl sites for hydroxylation is 1. The van der Waals surface area contributed by atoms with Gasteiger partial charge in [0.2, 0.25) is 0 Å². The zero-order valence-corrected chi connectivity index (χ0v) is 11.1. The van der Waals surface area contributed by atoms with Crippen molar-refractivity contribution in [3.8, 4) is 0 Å². The Labute approximate surface area is 107 Å². The molecule has 0 aliphatic rings. The van der Waals surface area contributed by atoms with Gasteiger partial charge in [-0.3, -0.25) is 0 Å². The van der Waals surface area contributed by atoms with Gasteiger partial charge in [-0.05, 0) is 20.8 Å². The molecule has 2 rings (SSSR count). The minimum absolute atomic E-state index is 0.744. The van der Waals surface area contributed by atoms with Gasteiger partial charge < -0.3 is 9.88 Å². The predicted molar refractivity (Wildman–Crippen MR) is 71.6 cm³/mol. The van der Waals surface area contributed by atoms with Gasteiger partial charge in [-0.15, -0.1) is 0 Å². The molecular weight excluding hydrogens is 226 g/mol.